The lowest BCUT2D eigenvalue weighted by Gasteiger charge is -2.07. The summed E-state index contributed by atoms with van der Waals surface area (Å²) in [6.45, 7) is 8.09. The molecule has 2 aromatic rings. The fraction of sp³-hybridized carbons (Fsp3) is 0.375. The molecule has 0 radical (unpaired) electrons. The van der Waals surface area contributed by atoms with Crippen LogP contribution in [0.25, 0.3) is 0 Å². The summed E-state index contributed by atoms with van der Waals surface area (Å²) in [5.41, 5.74) is 4.35. The number of benzene rings is 1. The van der Waals surface area contributed by atoms with Crippen molar-refractivity contribution in [3.8, 4) is 0 Å². The monoisotopic (exact) mass is 271 g/mol. The maximum Gasteiger partial charge on any atom is 0.223 e. The highest BCUT2D eigenvalue weighted by atomic mass is 16.5. The van der Waals surface area contributed by atoms with Gasteiger partial charge in [0, 0.05) is 24.5 Å². The van der Waals surface area contributed by atoms with Crippen LogP contribution < -0.4 is 5.32 Å². The molecule has 0 aliphatic rings. The highest BCUT2D eigenvalue weighted by Gasteiger charge is 2.00. The fourth-order valence-electron chi connectivity index (χ4n) is 1.96. The summed E-state index contributed by atoms with van der Waals surface area (Å²) in [5, 5.41) is 3.25. The molecule has 1 aromatic heterocycles. The maximum atomic E-state index is 5.38. The van der Waals surface area contributed by atoms with Gasteiger partial charge in [0.15, 0.2) is 0 Å². The Hall–Kier alpha value is -1.94. The Kier molecular flexibility index (Phi) is 5.07. The van der Waals surface area contributed by atoms with Crippen molar-refractivity contribution in [3.05, 3.63) is 52.8 Å². The zero-order chi connectivity index (χ0) is 14.4. The van der Waals surface area contributed by atoms with Gasteiger partial charge in [0.25, 0.3) is 0 Å². The Morgan fingerprint density at radius 3 is 2.20 bits per heavy atom. The van der Waals surface area contributed by atoms with E-state index < -0.39 is 0 Å². The van der Waals surface area contributed by atoms with Gasteiger partial charge in [-0.3, -0.25) is 0 Å². The van der Waals surface area contributed by atoms with Gasteiger partial charge >= 0.3 is 0 Å². The summed E-state index contributed by atoms with van der Waals surface area (Å²) in [4.78, 5) is 8.73. The molecule has 0 fully saturated rings. The normalized spacial score (nSPS) is 10.6. The Labute approximate surface area is 120 Å². The molecule has 1 N–H and O–H groups in total. The van der Waals surface area contributed by atoms with Crippen molar-refractivity contribution in [2.75, 3.05) is 11.9 Å². The summed E-state index contributed by atoms with van der Waals surface area (Å²) in [7, 11) is 0. The van der Waals surface area contributed by atoms with Crippen LogP contribution in [0.1, 0.15) is 29.4 Å². The van der Waals surface area contributed by atoms with Gasteiger partial charge in [-0.15, -0.1) is 0 Å². The molecule has 0 saturated carbocycles. The van der Waals surface area contributed by atoms with E-state index in [2.05, 4.69) is 39.6 Å². The van der Waals surface area contributed by atoms with Crippen LogP contribution in [0.4, 0.5) is 5.95 Å². The number of hydrogen-bond donors (Lipinski definition) is 1. The van der Waals surface area contributed by atoms with Gasteiger partial charge in [-0.05, 0) is 38.0 Å². The SMILES string of the molecule is CCOCc1ccc(CNc2nc(C)cc(C)n2)cc1. The van der Waals surface area contributed by atoms with E-state index in [-0.39, 0.29) is 0 Å². The molecule has 0 saturated heterocycles. The predicted molar refractivity (Wildman–Crippen MR) is 80.6 cm³/mol. The molecule has 0 amide bonds. The zero-order valence-corrected chi connectivity index (χ0v) is 12.3. The highest BCUT2D eigenvalue weighted by Crippen LogP contribution is 2.09. The average molecular weight is 271 g/mol. The van der Waals surface area contributed by atoms with E-state index >= 15 is 0 Å². The minimum atomic E-state index is 0.671. The third-order valence-corrected chi connectivity index (χ3v) is 2.93. The van der Waals surface area contributed by atoms with E-state index in [0.717, 1.165) is 24.5 Å². The number of rotatable bonds is 6. The van der Waals surface area contributed by atoms with Gasteiger partial charge in [0.05, 0.1) is 6.61 Å². The molecule has 1 heterocycles. The smallest absolute Gasteiger partial charge is 0.223 e. The topological polar surface area (TPSA) is 47.0 Å². The Morgan fingerprint density at radius 1 is 1.00 bits per heavy atom. The summed E-state index contributed by atoms with van der Waals surface area (Å²) in [6.07, 6.45) is 0. The summed E-state index contributed by atoms with van der Waals surface area (Å²) in [6, 6.07) is 10.4. The van der Waals surface area contributed by atoms with Crippen molar-refractivity contribution in [2.45, 2.75) is 33.9 Å². The molecule has 0 atom stereocenters. The second-order valence-electron chi connectivity index (χ2n) is 4.78. The van der Waals surface area contributed by atoms with Crippen LogP contribution in [0, 0.1) is 13.8 Å². The van der Waals surface area contributed by atoms with Crippen molar-refractivity contribution >= 4 is 5.95 Å². The number of nitrogens with one attached hydrogen (secondary N) is 1. The van der Waals surface area contributed by atoms with Crippen LogP contribution in [0.3, 0.4) is 0 Å². The van der Waals surface area contributed by atoms with E-state index in [9.17, 15) is 0 Å². The Bertz CT molecular complexity index is 532. The lowest BCUT2D eigenvalue weighted by Crippen LogP contribution is -2.05. The molecule has 4 nitrogen and oxygen atoms in total. The summed E-state index contributed by atoms with van der Waals surface area (Å²) < 4.78 is 5.38. The number of aryl methyl sites for hydroxylation is 2. The molecule has 2 rings (SSSR count). The predicted octanol–water partition coefficient (Wildman–Crippen LogP) is 3.24. The second-order valence-corrected chi connectivity index (χ2v) is 4.78. The van der Waals surface area contributed by atoms with E-state index in [1.807, 2.05) is 26.8 Å². The van der Waals surface area contributed by atoms with Gasteiger partial charge in [-0.2, -0.15) is 0 Å². The van der Waals surface area contributed by atoms with Crippen molar-refractivity contribution in [1.29, 1.82) is 0 Å². The fourth-order valence-corrected chi connectivity index (χ4v) is 1.96. The molecule has 0 aliphatic carbocycles. The van der Waals surface area contributed by atoms with E-state index in [0.29, 0.717) is 12.6 Å². The summed E-state index contributed by atoms with van der Waals surface area (Å²) in [5.74, 6) is 0.681. The molecule has 0 unspecified atom stereocenters. The largest absolute Gasteiger partial charge is 0.377 e. The molecular formula is C16H21N3O. The van der Waals surface area contributed by atoms with Gasteiger partial charge in [0.2, 0.25) is 5.95 Å². The van der Waals surface area contributed by atoms with Crippen molar-refractivity contribution in [3.63, 3.8) is 0 Å². The first-order valence-corrected chi connectivity index (χ1v) is 6.89. The van der Waals surface area contributed by atoms with Gasteiger partial charge in [-0.1, -0.05) is 24.3 Å². The van der Waals surface area contributed by atoms with Crippen molar-refractivity contribution in [2.24, 2.45) is 0 Å². The standard InChI is InChI=1S/C16H21N3O/c1-4-20-11-15-7-5-14(6-8-15)10-17-16-18-12(2)9-13(3)19-16/h5-9H,4,10-11H2,1-3H3,(H,17,18,19). The van der Waals surface area contributed by atoms with Crippen LogP contribution >= 0.6 is 0 Å². The maximum absolute atomic E-state index is 5.38. The van der Waals surface area contributed by atoms with E-state index in [1.54, 1.807) is 0 Å². The first kappa shape index (κ1) is 14.5. The van der Waals surface area contributed by atoms with Crippen LogP contribution in [-0.4, -0.2) is 16.6 Å². The number of aromatic nitrogens is 2. The zero-order valence-electron chi connectivity index (χ0n) is 12.3. The molecule has 0 bridgehead atoms. The lowest BCUT2D eigenvalue weighted by atomic mass is 10.1. The van der Waals surface area contributed by atoms with Crippen LogP contribution in [0.5, 0.6) is 0 Å². The number of anilines is 1. The second kappa shape index (κ2) is 7.01. The first-order chi connectivity index (χ1) is 9.67. The lowest BCUT2D eigenvalue weighted by molar-refractivity contribution is 0.134. The number of hydrogen-bond acceptors (Lipinski definition) is 4. The molecule has 4 heteroatoms. The Morgan fingerprint density at radius 2 is 1.60 bits per heavy atom. The minimum Gasteiger partial charge on any atom is -0.377 e. The molecule has 0 spiro atoms. The molecule has 0 aliphatic heterocycles. The van der Waals surface area contributed by atoms with E-state index in [1.165, 1.54) is 11.1 Å². The van der Waals surface area contributed by atoms with E-state index in [4.69, 9.17) is 4.74 Å². The third kappa shape index (κ3) is 4.31. The molecule has 1 aromatic carbocycles. The third-order valence-electron chi connectivity index (χ3n) is 2.93. The van der Waals surface area contributed by atoms with Crippen molar-refractivity contribution in [1.82, 2.24) is 9.97 Å². The molecular weight excluding hydrogens is 250 g/mol. The number of nitrogens with zero attached hydrogens (tertiary/aromatic N) is 2. The van der Waals surface area contributed by atoms with Crippen LogP contribution in [0.15, 0.2) is 30.3 Å². The highest BCUT2D eigenvalue weighted by molar-refractivity contribution is 5.31. The summed E-state index contributed by atoms with van der Waals surface area (Å²) >= 11 is 0. The molecule has 106 valence electrons. The number of ether oxygens (including phenoxy) is 1. The molecule has 20 heavy (non-hydrogen) atoms. The van der Waals surface area contributed by atoms with Gasteiger partial charge in [0.1, 0.15) is 0 Å². The average Bonchev–Trinajstić information content (AvgIpc) is 2.43. The Balaban J connectivity index is 1.93. The van der Waals surface area contributed by atoms with Crippen molar-refractivity contribution < 1.29 is 4.74 Å². The quantitative estimate of drug-likeness (QED) is 0.876. The van der Waals surface area contributed by atoms with Crippen LogP contribution in [-0.2, 0) is 17.9 Å². The minimum absolute atomic E-state index is 0.671. The van der Waals surface area contributed by atoms with Gasteiger partial charge in [-0.25, -0.2) is 9.97 Å². The first-order valence-electron chi connectivity index (χ1n) is 6.89. The van der Waals surface area contributed by atoms with Crippen LogP contribution in [0.2, 0.25) is 0 Å². The van der Waals surface area contributed by atoms with Gasteiger partial charge < -0.3 is 10.1 Å².